The van der Waals surface area contributed by atoms with Crippen LogP contribution in [-0.4, -0.2) is 48.5 Å². The lowest BCUT2D eigenvalue weighted by atomic mass is 10.2. The van der Waals surface area contributed by atoms with Gasteiger partial charge in [0, 0.05) is 18.1 Å². The van der Waals surface area contributed by atoms with Gasteiger partial charge < -0.3 is 16.0 Å². The lowest BCUT2D eigenvalue weighted by molar-refractivity contribution is -0.129. The standard InChI is InChI=1S/C10H21N3O2S2/c1-3-11-7(5-16)10(15)13-8(6-17)9(14)12-4-2/h7-8,11,16-17H,3-6H2,1-2H3,(H,12,14)(H,13,15)/t7-,8+/m0/s1. The van der Waals surface area contributed by atoms with E-state index < -0.39 is 6.04 Å². The van der Waals surface area contributed by atoms with Gasteiger partial charge in [-0.15, -0.1) is 0 Å². The third-order valence-electron chi connectivity index (χ3n) is 2.12. The predicted molar refractivity (Wildman–Crippen MR) is 75.8 cm³/mol. The monoisotopic (exact) mass is 279 g/mol. The first-order valence-electron chi connectivity index (χ1n) is 5.63. The van der Waals surface area contributed by atoms with Gasteiger partial charge in [-0.05, 0) is 13.5 Å². The van der Waals surface area contributed by atoms with E-state index in [1.807, 2.05) is 13.8 Å². The molecule has 100 valence electrons. The molecule has 0 saturated carbocycles. The molecular formula is C10H21N3O2S2. The second-order valence-electron chi connectivity index (χ2n) is 3.43. The predicted octanol–water partition coefficient (Wildman–Crippen LogP) is -0.555. The zero-order valence-electron chi connectivity index (χ0n) is 10.2. The Bertz CT molecular complexity index is 252. The van der Waals surface area contributed by atoms with Crippen LogP contribution in [0.15, 0.2) is 0 Å². The Balaban J connectivity index is 4.35. The first-order valence-corrected chi connectivity index (χ1v) is 6.90. The number of amides is 2. The number of rotatable bonds is 8. The molecule has 0 radical (unpaired) electrons. The SMILES string of the molecule is CCNC(=O)[C@@H](CS)NC(=O)[C@H](CS)NCC. The summed E-state index contributed by atoms with van der Waals surface area (Å²) in [6.45, 7) is 4.93. The fraction of sp³-hybridized carbons (Fsp3) is 0.800. The van der Waals surface area contributed by atoms with Crippen LogP contribution in [0.3, 0.4) is 0 Å². The summed E-state index contributed by atoms with van der Waals surface area (Å²) in [6.07, 6.45) is 0. The molecule has 2 atom stereocenters. The van der Waals surface area contributed by atoms with E-state index in [1.165, 1.54) is 0 Å². The summed E-state index contributed by atoms with van der Waals surface area (Å²) in [6, 6.07) is -0.994. The van der Waals surface area contributed by atoms with E-state index in [0.717, 1.165) is 0 Å². The molecule has 0 aromatic carbocycles. The van der Waals surface area contributed by atoms with Crippen LogP contribution in [0, 0.1) is 0 Å². The number of nitrogens with one attached hydrogen (secondary N) is 3. The third kappa shape index (κ3) is 6.18. The van der Waals surface area contributed by atoms with Crippen LogP contribution < -0.4 is 16.0 Å². The Kier molecular flexibility index (Phi) is 9.39. The third-order valence-corrected chi connectivity index (χ3v) is 2.85. The van der Waals surface area contributed by atoms with Gasteiger partial charge in [0.1, 0.15) is 6.04 Å². The maximum absolute atomic E-state index is 11.8. The van der Waals surface area contributed by atoms with Gasteiger partial charge in [-0.3, -0.25) is 9.59 Å². The molecule has 7 heteroatoms. The molecule has 0 aromatic rings. The fourth-order valence-electron chi connectivity index (χ4n) is 1.25. The molecule has 0 aliphatic rings. The molecular weight excluding hydrogens is 258 g/mol. The van der Waals surface area contributed by atoms with E-state index >= 15 is 0 Å². The minimum atomic E-state index is -0.605. The smallest absolute Gasteiger partial charge is 0.243 e. The molecule has 0 spiro atoms. The van der Waals surface area contributed by atoms with E-state index in [9.17, 15) is 9.59 Å². The molecule has 3 N–H and O–H groups in total. The van der Waals surface area contributed by atoms with Gasteiger partial charge >= 0.3 is 0 Å². The van der Waals surface area contributed by atoms with Crippen molar-refractivity contribution in [3.8, 4) is 0 Å². The van der Waals surface area contributed by atoms with Crippen LogP contribution in [0.1, 0.15) is 13.8 Å². The number of hydrogen-bond donors (Lipinski definition) is 5. The zero-order chi connectivity index (χ0) is 13.3. The van der Waals surface area contributed by atoms with Gasteiger partial charge in [0.25, 0.3) is 0 Å². The molecule has 5 nitrogen and oxygen atoms in total. The minimum Gasteiger partial charge on any atom is -0.355 e. The average molecular weight is 279 g/mol. The number of hydrogen-bond acceptors (Lipinski definition) is 5. The number of carbonyl (C=O) groups excluding carboxylic acids is 2. The molecule has 0 saturated heterocycles. The molecule has 0 aromatic heterocycles. The van der Waals surface area contributed by atoms with Crippen molar-refractivity contribution >= 4 is 37.1 Å². The number of thiol groups is 2. The van der Waals surface area contributed by atoms with Gasteiger partial charge in [-0.25, -0.2) is 0 Å². The first kappa shape index (κ1) is 16.6. The van der Waals surface area contributed by atoms with Gasteiger partial charge in [0.15, 0.2) is 0 Å². The van der Waals surface area contributed by atoms with Crippen LogP contribution in [-0.2, 0) is 9.59 Å². The summed E-state index contributed by atoms with van der Waals surface area (Å²) >= 11 is 8.15. The number of carbonyl (C=O) groups is 2. The van der Waals surface area contributed by atoms with Gasteiger partial charge in [0.2, 0.25) is 11.8 Å². The normalized spacial score (nSPS) is 13.9. The topological polar surface area (TPSA) is 70.2 Å². The molecule has 2 amide bonds. The maximum atomic E-state index is 11.8. The summed E-state index contributed by atoms with van der Waals surface area (Å²) in [5, 5.41) is 8.28. The van der Waals surface area contributed by atoms with Crippen molar-refractivity contribution in [1.29, 1.82) is 0 Å². The van der Waals surface area contributed by atoms with E-state index in [-0.39, 0.29) is 23.6 Å². The van der Waals surface area contributed by atoms with Crippen LogP contribution in [0.4, 0.5) is 0 Å². The Morgan fingerprint density at radius 3 is 2.00 bits per heavy atom. The molecule has 17 heavy (non-hydrogen) atoms. The second-order valence-corrected chi connectivity index (χ2v) is 4.16. The highest BCUT2D eigenvalue weighted by molar-refractivity contribution is 7.80. The van der Waals surface area contributed by atoms with Gasteiger partial charge in [0.05, 0.1) is 6.04 Å². The molecule has 0 fully saturated rings. The fourth-order valence-corrected chi connectivity index (χ4v) is 1.80. The summed E-state index contributed by atoms with van der Waals surface area (Å²) in [5.41, 5.74) is 0. The van der Waals surface area contributed by atoms with Crippen molar-refractivity contribution in [2.24, 2.45) is 0 Å². The van der Waals surface area contributed by atoms with Crippen molar-refractivity contribution in [1.82, 2.24) is 16.0 Å². The highest BCUT2D eigenvalue weighted by Crippen LogP contribution is 1.93. The highest BCUT2D eigenvalue weighted by Gasteiger charge is 2.22. The maximum Gasteiger partial charge on any atom is 0.243 e. The Labute approximate surface area is 113 Å². The summed E-state index contributed by atoms with van der Waals surface area (Å²) < 4.78 is 0. The molecule has 0 heterocycles. The number of likely N-dealkylation sites (N-methyl/N-ethyl adjacent to an activating group) is 2. The van der Waals surface area contributed by atoms with E-state index in [0.29, 0.717) is 18.8 Å². The van der Waals surface area contributed by atoms with E-state index in [4.69, 9.17) is 0 Å². The highest BCUT2D eigenvalue weighted by atomic mass is 32.1. The quantitative estimate of drug-likeness (QED) is 0.387. The van der Waals surface area contributed by atoms with E-state index in [1.54, 1.807) is 0 Å². The van der Waals surface area contributed by atoms with Crippen molar-refractivity contribution in [3.63, 3.8) is 0 Å². The van der Waals surface area contributed by atoms with Gasteiger partial charge in [-0.2, -0.15) is 25.3 Å². The zero-order valence-corrected chi connectivity index (χ0v) is 12.0. The Morgan fingerprint density at radius 2 is 1.59 bits per heavy atom. The van der Waals surface area contributed by atoms with Crippen molar-refractivity contribution in [2.75, 3.05) is 24.6 Å². The van der Waals surface area contributed by atoms with Crippen molar-refractivity contribution in [2.45, 2.75) is 25.9 Å². The van der Waals surface area contributed by atoms with Crippen molar-refractivity contribution < 1.29 is 9.59 Å². The lowest BCUT2D eigenvalue weighted by Gasteiger charge is -2.20. The lowest BCUT2D eigenvalue weighted by Crippen LogP contribution is -2.54. The van der Waals surface area contributed by atoms with E-state index in [2.05, 4.69) is 41.2 Å². The molecule has 0 unspecified atom stereocenters. The van der Waals surface area contributed by atoms with Crippen LogP contribution in [0.2, 0.25) is 0 Å². The van der Waals surface area contributed by atoms with Crippen molar-refractivity contribution in [3.05, 3.63) is 0 Å². The Morgan fingerprint density at radius 1 is 1.00 bits per heavy atom. The van der Waals surface area contributed by atoms with Crippen LogP contribution in [0.25, 0.3) is 0 Å². The van der Waals surface area contributed by atoms with Crippen LogP contribution >= 0.6 is 25.3 Å². The molecule has 0 aliphatic carbocycles. The second kappa shape index (κ2) is 9.61. The van der Waals surface area contributed by atoms with Gasteiger partial charge in [-0.1, -0.05) is 6.92 Å². The molecule has 0 aliphatic heterocycles. The summed E-state index contributed by atoms with van der Waals surface area (Å²) in [5.74, 6) is 0.203. The summed E-state index contributed by atoms with van der Waals surface area (Å²) in [7, 11) is 0. The minimum absolute atomic E-state index is 0.217. The summed E-state index contributed by atoms with van der Waals surface area (Å²) in [4.78, 5) is 23.4. The first-order chi connectivity index (χ1) is 8.10. The van der Waals surface area contributed by atoms with Crippen LogP contribution in [0.5, 0.6) is 0 Å². The molecule has 0 bridgehead atoms. The Hall–Kier alpha value is -0.400. The average Bonchev–Trinajstić information content (AvgIpc) is 2.32. The largest absolute Gasteiger partial charge is 0.355 e. The molecule has 0 rings (SSSR count).